The molecule has 0 aliphatic carbocycles. The van der Waals surface area contributed by atoms with Crippen molar-refractivity contribution in [1.29, 1.82) is 0 Å². The highest BCUT2D eigenvalue weighted by Gasteiger charge is 2.35. The van der Waals surface area contributed by atoms with Gasteiger partial charge in [-0.2, -0.15) is 0 Å². The third-order valence-corrected chi connectivity index (χ3v) is 3.66. The summed E-state index contributed by atoms with van der Waals surface area (Å²) in [5, 5.41) is 10.1. The summed E-state index contributed by atoms with van der Waals surface area (Å²) in [6.07, 6.45) is -0.652. The number of hydrogen-bond donors (Lipinski definition) is 1. The maximum Gasteiger partial charge on any atom is 0.261 e. The van der Waals surface area contributed by atoms with E-state index in [0.717, 1.165) is 10.5 Å². The highest BCUT2D eigenvalue weighted by molar-refractivity contribution is 6.21. The van der Waals surface area contributed by atoms with Gasteiger partial charge in [0.2, 0.25) is 0 Å². The Morgan fingerprint density at radius 1 is 0.955 bits per heavy atom. The highest BCUT2D eigenvalue weighted by atomic mass is 19.1. The third kappa shape index (κ3) is 2.63. The number of imide groups is 1. The summed E-state index contributed by atoms with van der Waals surface area (Å²) in [7, 11) is 0. The summed E-state index contributed by atoms with van der Waals surface area (Å²) in [6, 6.07) is 12.4. The molecule has 1 N–H and O–H groups in total. The monoisotopic (exact) mass is 299 g/mol. The lowest BCUT2D eigenvalue weighted by Crippen LogP contribution is -2.37. The van der Waals surface area contributed by atoms with Crippen LogP contribution in [0.15, 0.2) is 48.5 Å². The summed E-state index contributed by atoms with van der Waals surface area (Å²) >= 11 is 0. The number of hydrogen-bond acceptors (Lipinski definition) is 3. The Morgan fingerprint density at radius 2 is 1.50 bits per heavy atom. The van der Waals surface area contributed by atoms with E-state index in [1.54, 1.807) is 36.4 Å². The van der Waals surface area contributed by atoms with Crippen molar-refractivity contribution in [2.75, 3.05) is 6.54 Å². The van der Waals surface area contributed by atoms with E-state index in [0.29, 0.717) is 11.1 Å². The number of fused-ring (bicyclic) bond motifs is 1. The number of β-amino-alcohol motifs (C(OH)–C–C–N with tert-alkyl or cyclic N) is 1. The first kappa shape index (κ1) is 14.4. The molecule has 2 aromatic rings. The molecular weight excluding hydrogens is 285 g/mol. The normalized spacial score (nSPS) is 15.1. The Hall–Kier alpha value is -2.53. The minimum absolute atomic E-state index is 0.0796. The SMILES string of the molecule is O=C1c2ccccc2C(=O)N1CC(O)Cc1ccc(F)cc1. The molecule has 0 spiro atoms. The Labute approximate surface area is 126 Å². The van der Waals surface area contributed by atoms with Crippen LogP contribution in [0, 0.1) is 5.82 Å². The largest absolute Gasteiger partial charge is 0.391 e. The molecule has 5 heteroatoms. The summed E-state index contributed by atoms with van der Waals surface area (Å²) in [5.74, 6) is -1.13. The second-order valence-corrected chi connectivity index (χ2v) is 5.25. The van der Waals surface area contributed by atoms with Crippen molar-refractivity contribution in [3.8, 4) is 0 Å². The molecular formula is C17H14FNO3. The van der Waals surface area contributed by atoms with Gasteiger partial charge in [-0.3, -0.25) is 14.5 Å². The fourth-order valence-corrected chi connectivity index (χ4v) is 2.57. The second-order valence-electron chi connectivity index (χ2n) is 5.25. The maximum atomic E-state index is 12.8. The number of benzene rings is 2. The molecule has 112 valence electrons. The van der Waals surface area contributed by atoms with Crippen LogP contribution in [0.1, 0.15) is 26.3 Å². The molecule has 1 heterocycles. The lowest BCUT2D eigenvalue weighted by Gasteiger charge is -2.18. The average Bonchev–Trinajstić information content (AvgIpc) is 2.75. The summed E-state index contributed by atoms with van der Waals surface area (Å²) in [5.41, 5.74) is 1.47. The van der Waals surface area contributed by atoms with Crippen LogP contribution in [0.4, 0.5) is 4.39 Å². The number of aliphatic hydroxyl groups excluding tert-OH is 1. The Balaban J connectivity index is 1.70. The lowest BCUT2D eigenvalue weighted by atomic mass is 10.1. The number of nitrogens with zero attached hydrogens (tertiary/aromatic N) is 1. The Kier molecular flexibility index (Phi) is 3.73. The standard InChI is InChI=1S/C17H14FNO3/c18-12-7-5-11(6-8-12)9-13(20)10-19-16(21)14-3-1-2-4-15(14)17(19)22/h1-8,13,20H,9-10H2. The molecule has 1 unspecified atom stereocenters. The number of rotatable bonds is 4. The number of carbonyl (C=O) groups is 2. The fraction of sp³-hybridized carbons (Fsp3) is 0.176. The van der Waals surface area contributed by atoms with Crippen molar-refractivity contribution >= 4 is 11.8 Å². The first-order valence-corrected chi connectivity index (χ1v) is 6.94. The fourth-order valence-electron chi connectivity index (χ4n) is 2.57. The maximum absolute atomic E-state index is 12.8. The van der Waals surface area contributed by atoms with Crippen molar-refractivity contribution in [2.45, 2.75) is 12.5 Å². The zero-order chi connectivity index (χ0) is 15.7. The quantitative estimate of drug-likeness (QED) is 0.879. The Morgan fingerprint density at radius 3 is 2.05 bits per heavy atom. The van der Waals surface area contributed by atoms with Crippen LogP contribution in [0.2, 0.25) is 0 Å². The van der Waals surface area contributed by atoms with Crippen LogP contribution in [-0.4, -0.2) is 34.5 Å². The number of aliphatic hydroxyl groups is 1. The molecule has 3 rings (SSSR count). The molecule has 4 nitrogen and oxygen atoms in total. The molecule has 1 aliphatic rings. The van der Waals surface area contributed by atoms with Crippen LogP contribution < -0.4 is 0 Å². The van der Waals surface area contributed by atoms with Crippen LogP contribution in [0.3, 0.4) is 0 Å². The van der Waals surface area contributed by atoms with Crippen LogP contribution >= 0.6 is 0 Å². The van der Waals surface area contributed by atoms with Gasteiger partial charge >= 0.3 is 0 Å². The van der Waals surface area contributed by atoms with Crippen LogP contribution in [0.25, 0.3) is 0 Å². The summed E-state index contributed by atoms with van der Waals surface area (Å²) in [6.45, 7) is -0.0796. The van der Waals surface area contributed by atoms with Gasteiger partial charge in [-0.15, -0.1) is 0 Å². The predicted octanol–water partition coefficient (Wildman–Crippen LogP) is 2.03. The van der Waals surface area contributed by atoms with E-state index < -0.39 is 17.9 Å². The first-order chi connectivity index (χ1) is 10.6. The number of halogens is 1. The molecule has 0 radical (unpaired) electrons. The van der Waals surface area contributed by atoms with Gasteiger partial charge in [0, 0.05) is 6.42 Å². The summed E-state index contributed by atoms with van der Waals surface area (Å²) < 4.78 is 12.8. The van der Waals surface area contributed by atoms with E-state index in [9.17, 15) is 19.1 Å². The summed E-state index contributed by atoms with van der Waals surface area (Å²) in [4.78, 5) is 25.4. The van der Waals surface area contributed by atoms with Gasteiger partial charge in [0.25, 0.3) is 11.8 Å². The van der Waals surface area contributed by atoms with Gasteiger partial charge in [0.1, 0.15) is 5.82 Å². The minimum atomic E-state index is -0.896. The molecule has 1 atom stereocenters. The van der Waals surface area contributed by atoms with Gasteiger partial charge < -0.3 is 5.11 Å². The smallest absolute Gasteiger partial charge is 0.261 e. The van der Waals surface area contributed by atoms with Gasteiger partial charge in [-0.1, -0.05) is 24.3 Å². The average molecular weight is 299 g/mol. The molecule has 0 aromatic heterocycles. The molecule has 0 saturated carbocycles. The van der Waals surface area contributed by atoms with Crippen LogP contribution in [0.5, 0.6) is 0 Å². The van der Waals surface area contributed by atoms with Crippen molar-refractivity contribution < 1.29 is 19.1 Å². The van der Waals surface area contributed by atoms with Crippen molar-refractivity contribution in [3.05, 3.63) is 71.0 Å². The van der Waals surface area contributed by atoms with Crippen LogP contribution in [-0.2, 0) is 6.42 Å². The Bertz CT molecular complexity index is 692. The highest BCUT2D eigenvalue weighted by Crippen LogP contribution is 2.22. The zero-order valence-corrected chi connectivity index (χ0v) is 11.7. The minimum Gasteiger partial charge on any atom is -0.391 e. The van der Waals surface area contributed by atoms with Gasteiger partial charge in [-0.25, -0.2) is 4.39 Å². The van der Waals surface area contributed by atoms with E-state index in [1.807, 2.05) is 0 Å². The van der Waals surface area contributed by atoms with Gasteiger partial charge in [0.15, 0.2) is 0 Å². The number of carbonyl (C=O) groups excluding carboxylic acids is 2. The molecule has 22 heavy (non-hydrogen) atoms. The third-order valence-electron chi connectivity index (χ3n) is 3.66. The molecule has 2 aromatic carbocycles. The van der Waals surface area contributed by atoms with E-state index in [-0.39, 0.29) is 18.8 Å². The molecule has 0 saturated heterocycles. The van der Waals surface area contributed by atoms with Crippen molar-refractivity contribution in [2.24, 2.45) is 0 Å². The molecule has 1 aliphatic heterocycles. The van der Waals surface area contributed by atoms with Crippen molar-refractivity contribution in [3.63, 3.8) is 0 Å². The van der Waals surface area contributed by atoms with Gasteiger partial charge in [-0.05, 0) is 29.8 Å². The molecule has 2 amide bonds. The second kappa shape index (κ2) is 5.69. The lowest BCUT2D eigenvalue weighted by molar-refractivity contribution is 0.0544. The van der Waals surface area contributed by atoms with E-state index in [2.05, 4.69) is 0 Å². The molecule has 0 fully saturated rings. The van der Waals surface area contributed by atoms with Crippen molar-refractivity contribution in [1.82, 2.24) is 4.90 Å². The van der Waals surface area contributed by atoms with E-state index in [4.69, 9.17) is 0 Å². The first-order valence-electron chi connectivity index (χ1n) is 6.94. The zero-order valence-electron chi connectivity index (χ0n) is 11.7. The van der Waals surface area contributed by atoms with Gasteiger partial charge in [0.05, 0.1) is 23.8 Å². The predicted molar refractivity (Wildman–Crippen MR) is 77.9 cm³/mol. The molecule has 0 bridgehead atoms. The topological polar surface area (TPSA) is 57.6 Å². The number of amides is 2. The van der Waals surface area contributed by atoms with E-state index in [1.165, 1.54) is 12.1 Å². The van der Waals surface area contributed by atoms with E-state index >= 15 is 0 Å².